The maximum atomic E-state index is 12.6. The van der Waals surface area contributed by atoms with Crippen LogP contribution in [0.15, 0.2) is 36.5 Å². The number of carbonyl (C=O) groups is 1. The first kappa shape index (κ1) is 11.9. The molecule has 2 aromatic rings. The third-order valence-corrected chi connectivity index (χ3v) is 3.47. The van der Waals surface area contributed by atoms with Crippen LogP contribution in [0, 0.1) is 0 Å². The highest BCUT2D eigenvalue weighted by Crippen LogP contribution is 2.22. The van der Waals surface area contributed by atoms with Crippen molar-refractivity contribution in [2.75, 3.05) is 12.3 Å². The van der Waals surface area contributed by atoms with Crippen molar-refractivity contribution in [3.05, 3.63) is 58.8 Å². The molecule has 96 valence electrons. The first-order valence-electron chi connectivity index (χ1n) is 6.34. The Labute approximate surface area is 111 Å². The van der Waals surface area contributed by atoms with Crippen LogP contribution in [0.5, 0.6) is 0 Å². The highest BCUT2D eigenvalue weighted by molar-refractivity contribution is 6.12. The predicted molar refractivity (Wildman–Crippen MR) is 73.9 cm³/mol. The van der Waals surface area contributed by atoms with E-state index in [9.17, 15) is 4.79 Å². The maximum Gasteiger partial charge on any atom is 0.197 e. The van der Waals surface area contributed by atoms with Crippen molar-refractivity contribution in [1.29, 1.82) is 0 Å². The average Bonchev–Trinajstić information content (AvgIpc) is 2.46. The molecule has 3 N–H and O–H groups in total. The number of rotatable bonds is 2. The summed E-state index contributed by atoms with van der Waals surface area (Å²) in [6.45, 7) is 1.72. The molecular formula is C15H15N3O. The summed E-state index contributed by atoms with van der Waals surface area (Å²) in [5.74, 6) is 0.253. The van der Waals surface area contributed by atoms with Gasteiger partial charge in [-0.25, -0.2) is 4.98 Å². The van der Waals surface area contributed by atoms with Crippen LogP contribution in [0.3, 0.4) is 0 Å². The molecule has 0 radical (unpaired) electrons. The summed E-state index contributed by atoms with van der Waals surface area (Å²) in [7, 11) is 0. The molecule has 0 saturated carbocycles. The Bertz CT molecular complexity index is 637. The number of hydrogen-bond donors (Lipinski definition) is 2. The third kappa shape index (κ3) is 2.11. The van der Waals surface area contributed by atoms with E-state index in [0.29, 0.717) is 11.4 Å². The van der Waals surface area contributed by atoms with Crippen molar-refractivity contribution in [1.82, 2.24) is 10.3 Å². The van der Waals surface area contributed by atoms with E-state index in [2.05, 4.69) is 16.4 Å². The fraction of sp³-hybridized carbons (Fsp3) is 0.200. The normalized spacial score (nSPS) is 13.9. The van der Waals surface area contributed by atoms with Crippen molar-refractivity contribution in [2.45, 2.75) is 13.0 Å². The van der Waals surface area contributed by atoms with Crippen LogP contribution in [0.25, 0.3) is 0 Å². The maximum absolute atomic E-state index is 12.6. The van der Waals surface area contributed by atoms with Gasteiger partial charge in [0.1, 0.15) is 5.82 Å². The Morgan fingerprint density at radius 1 is 1.21 bits per heavy atom. The lowest BCUT2D eigenvalue weighted by molar-refractivity contribution is 0.103. The van der Waals surface area contributed by atoms with E-state index in [1.54, 1.807) is 18.3 Å². The van der Waals surface area contributed by atoms with Crippen LogP contribution < -0.4 is 11.1 Å². The van der Waals surface area contributed by atoms with Gasteiger partial charge in [-0.3, -0.25) is 4.79 Å². The molecule has 1 aliphatic heterocycles. The fourth-order valence-electron chi connectivity index (χ4n) is 2.50. The number of carbonyl (C=O) groups excluding carboxylic acids is 1. The van der Waals surface area contributed by atoms with Gasteiger partial charge in [0, 0.05) is 18.3 Å². The summed E-state index contributed by atoms with van der Waals surface area (Å²) in [5, 5.41) is 3.31. The molecule has 0 amide bonds. The number of nitrogens with zero attached hydrogens (tertiary/aromatic N) is 1. The highest BCUT2D eigenvalue weighted by atomic mass is 16.1. The molecule has 0 spiro atoms. The fourth-order valence-corrected chi connectivity index (χ4v) is 2.50. The lowest BCUT2D eigenvalue weighted by Gasteiger charge is -2.19. The minimum Gasteiger partial charge on any atom is -0.383 e. The van der Waals surface area contributed by atoms with Gasteiger partial charge >= 0.3 is 0 Å². The zero-order chi connectivity index (χ0) is 13.2. The third-order valence-electron chi connectivity index (χ3n) is 3.47. The standard InChI is InChI=1S/C15H15N3O/c16-15-13(5-2-7-18-15)14(19)12-4-1-3-10-9-17-8-6-11(10)12/h1-5,7,17H,6,8-9H2,(H2,16,18). The molecule has 0 atom stereocenters. The predicted octanol–water partition coefficient (Wildman–Crippen LogP) is 1.54. The molecule has 4 heteroatoms. The van der Waals surface area contributed by atoms with E-state index in [1.165, 1.54) is 5.56 Å². The van der Waals surface area contributed by atoms with E-state index < -0.39 is 0 Å². The Hall–Kier alpha value is -2.20. The number of ketones is 1. The van der Waals surface area contributed by atoms with E-state index in [0.717, 1.165) is 30.6 Å². The van der Waals surface area contributed by atoms with E-state index in [-0.39, 0.29) is 5.78 Å². The number of nitrogen functional groups attached to an aromatic ring is 1. The van der Waals surface area contributed by atoms with Gasteiger partial charge in [0.25, 0.3) is 0 Å². The second-order valence-electron chi connectivity index (χ2n) is 4.64. The van der Waals surface area contributed by atoms with Crippen LogP contribution in [0.1, 0.15) is 27.0 Å². The van der Waals surface area contributed by atoms with Crippen molar-refractivity contribution in [3.8, 4) is 0 Å². The minimum atomic E-state index is -0.0376. The van der Waals surface area contributed by atoms with Crippen LogP contribution in [0.4, 0.5) is 5.82 Å². The number of benzene rings is 1. The van der Waals surface area contributed by atoms with Crippen molar-refractivity contribution in [3.63, 3.8) is 0 Å². The van der Waals surface area contributed by atoms with Gasteiger partial charge in [-0.15, -0.1) is 0 Å². The van der Waals surface area contributed by atoms with Crippen molar-refractivity contribution in [2.24, 2.45) is 0 Å². The van der Waals surface area contributed by atoms with Gasteiger partial charge in [-0.2, -0.15) is 0 Å². The number of aromatic nitrogens is 1. The average molecular weight is 253 g/mol. The van der Waals surface area contributed by atoms with E-state index in [1.807, 2.05) is 12.1 Å². The molecule has 4 nitrogen and oxygen atoms in total. The minimum absolute atomic E-state index is 0.0376. The highest BCUT2D eigenvalue weighted by Gasteiger charge is 2.19. The van der Waals surface area contributed by atoms with Crippen LogP contribution in [-0.2, 0) is 13.0 Å². The summed E-state index contributed by atoms with van der Waals surface area (Å²) in [4.78, 5) is 16.6. The smallest absolute Gasteiger partial charge is 0.197 e. The molecule has 19 heavy (non-hydrogen) atoms. The van der Waals surface area contributed by atoms with Gasteiger partial charge < -0.3 is 11.1 Å². The Kier molecular flexibility index (Phi) is 3.01. The first-order valence-corrected chi connectivity index (χ1v) is 6.34. The summed E-state index contributed by atoms with van der Waals surface area (Å²) < 4.78 is 0. The monoisotopic (exact) mass is 253 g/mol. The molecule has 1 aromatic carbocycles. The molecule has 0 fully saturated rings. The number of pyridine rings is 1. The lowest BCUT2D eigenvalue weighted by Crippen LogP contribution is -2.25. The number of hydrogen-bond acceptors (Lipinski definition) is 4. The summed E-state index contributed by atoms with van der Waals surface area (Å²) in [6.07, 6.45) is 2.47. The Balaban J connectivity index is 2.08. The number of fused-ring (bicyclic) bond motifs is 1. The van der Waals surface area contributed by atoms with Gasteiger partial charge in [0.2, 0.25) is 0 Å². The lowest BCUT2D eigenvalue weighted by atomic mass is 9.91. The molecule has 0 bridgehead atoms. The first-order chi connectivity index (χ1) is 9.27. The van der Waals surface area contributed by atoms with E-state index in [4.69, 9.17) is 5.73 Å². The zero-order valence-electron chi connectivity index (χ0n) is 10.5. The number of nitrogens with two attached hydrogens (primary N) is 1. The molecule has 3 rings (SSSR count). The second kappa shape index (κ2) is 4.82. The van der Waals surface area contributed by atoms with Crippen molar-refractivity contribution >= 4 is 11.6 Å². The number of nitrogens with one attached hydrogen (secondary N) is 1. The van der Waals surface area contributed by atoms with Gasteiger partial charge in [0.15, 0.2) is 5.78 Å². The molecule has 1 aliphatic rings. The van der Waals surface area contributed by atoms with Crippen LogP contribution in [0.2, 0.25) is 0 Å². The quantitative estimate of drug-likeness (QED) is 0.797. The Morgan fingerprint density at radius 3 is 2.89 bits per heavy atom. The topological polar surface area (TPSA) is 68.0 Å². The molecule has 0 aliphatic carbocycles. The summed E-state index contributed by atoms with van der Waals surface area (Å²) >= 11 is 0. The van der Waals surface area contributed by atoms with Gasteiger partial charge in [-0.05, 0) is 36.2 Å². The molecular weight excluding hydrogens is 238 g/mol. The number of anilines is 1. The van der Waals surface area contributed by atoms with E-state index >= 15 is 0 Å². The van der Waals surface area contributed by atoms with Crippen LogP contribution >= 0.6 is 0 Å². The van der Waals surface area contributed by atoms with Crippen molar-refractivity contribution < 1.29 is 4.79 Å². The molecule has 1 aromatic heterocycles. The van der Waals surface area contributed by atoms with Crippen LogP contribution in [-0.4, -0.2) is 17.3 Å². The van der Waals surface area contributed by atoms with Gasteiger partial charge in [0.05, 0.1) is 5.56 Å². The molecule has 0 unspecified atom stereocenters. The van der Waals surface area contributed by atoms with Gasteiger partial charge in [-0.1, -0.05) is 18.2 Å². The SMILES string of the molecule is Nc1ncccc1C(=O)c1cccc2c1CCNC2. The summed E-state index contributed by atoms with van der Waals surface area (Å²) in [5.41, 5.74) is 9.35. The summed E-state index contributed by atoms with van der Waals surface area (Å²) in [6, 6.07) is 9.32. The second-order valence-corrected chi connectivity index (χ2v) is 4.64. The zero-order valence-corrected chi connectivity index (χ0v) is 10.5. The molecule has 2 heterocycles. The molecule has 0 saturated heterocycles. The largest absolute Gasteiger partial charge is 0.383 e. The Morgan fingerprint density at radius 2 is 2.05 bits per heavy atom.